The lowest BCUT2D eigenvalue weighted by atomic mass is 9.76. The number of nitrogens with zero attached hydrogens (tertiary/aromatic N) is 4. The maximum atomic E-state index is 6.33. The van der Waals surface area contributed by atoms with Gasteiger partial charge in [-0.1, -0.05) is 34.4 Å². The predicted octanol–water partition coefficient (Wildman–Crippen LogP) is 5.17. The highest BCUT2D eigenvalue weighted by Gasteiger charge is 2.49. The molecular formula is C21H20Cl2N4O. The fourth-order valence-electron chi connectivity index (χ4n) is 4.88. The number of likely N-dealkylation sites (N-methyl/N-ethyl adjacent to an activating group) is 1. The van der Waals surface area contributed by atoms with Gasteiger partial charge in [-0.3, -0.25) is 9.88 Å². The van der Waals surface area contributed by atoms with E-state index >= 15 is 0 Å². The quantitative estimate of drug-likeness (QED) is 0.591. The Morgan fingerprint density at radius 3 is 2.68 bits per heavy atom. The zero-order chi connectivity index (χ0) is 19.3. The van der Waals surface area contributed by atoms with Crippen molar-refractivity contribution >= 4 is 23.2 Å². The van der Waals surface area contributed by atoms with Crippen LogP contribution in [0.2, 0.25) is 10.0 Å². The Morgan fingerprint density at radius 2 is 1.89 bits per heavy atom. The van der Waals surface area contributed by atoms with Crippen molar-refractivity contribution in [3.63, 3.8) is 0 Å². The molecule has 2 aliphatic rings. The fraction of sp³-hybridized carbons (Fsp3) is 0.381. The van der Waals surface area contributed by atoms with Gasteiger partial charge in [0.25, 0.3) is 0 Å². The second-order valence-electron chi connectivity index (χ2n) is 7.70. The Labute approximate surface area is 173 Å². The number of hydrogen-bond acceptors (Lipinski definition) is 5. The van der Waals surface area contributed by atoms with Crippen LogP contribution in [0.3, 0.4) is 0 Å². The van der Waals surface area contributed by atoms with E-state index in [1.165, 1.54) is 12.0 Å². The summed E-state index contributed by atoms with van der Waals surface area (Å²) in [5.74, 6) is 1.70. The minimum absolute atomic E-state index is 0.129. The lowest BCUT2D eigenvalue weighted by molar-refractivity contribution is 0.120. The first-order chi connectivity index (χ1) is 13.6. The van der Waals surface area contributed by atoms with Crippen LogP contribution in [-0.2, 0) is 0 Å². The number of benzene rings is 1. The summed E-state index contributed by atoms with van der Waals surface area (Å²) in [5.41, 5.74) is 2.10. The molecular weight excluding hydrogens is 395 g/mol. The normalized spacial score (nSPS) is 27.2. The lowest BCUT2D eigenvalue weighted by Crippen LogP contribution is -2.44. The second kappa shape index (κ2) is 7.14. The van der Waals surface area contributed by atoms with Crippen molar-refractivity contribution in [3.8, 4) is 11.4 Å². The molecule has 5 rings (SSSR count). The van der Waals surface area contributed by atoms with E-state index in [0.717, 1.165) is 18.4 Å². The Kier molecular flexibility index (Phi) is 4.62. The number of pyridine rings is 1. The van der Waals surface area contributed by atoms with Crippen molar-refractivity contribution in [1.82, 2.24) is 20.0 Å². The largest absolute Gasteiger partial charge is 0.339 e. The minimum atomic E-state index is 0.129. The highest BCUT2D eigenvalue weighted by molar-refractivity contribution is 6.42. The molecule has 2 fully saturated rings. The molecule has 0 radical (unpaired) electrons. The van der Waals surface area contributed by atoms with Crippen LogP contribution in [0.4, 0.5) is 0 Å². The molecule has 144 valence electrons. The maximum absolute atomic E-state index is 6.33. The third-order valence-electron chi connectivity index (χ3n) is 6.31. The molecule has 4 atom stereocenters. The third kappa shape index (κ3) is 3.02. The Hall–Kier alpha value is -1.95. The van der Waals surface area contributed by atoms with Crippen molar-refractivity contribution in [2.24, 2.45) is 0 Å². The van der Waals surface area contributed by atoms with E-state index in [0.29, 0.717) is 33.8 Å². The van der Waals surface area contributed by atoms with Gasteiger partial charge in [0.05, 0.1) is 16.0 Å². The molecule has 28 heavy (non-hydrogen) atoms. The van der Waals surface area contributed by atoms with Crippen LogP contribution < -0.4 is 0 Å². The molecule has 0 spiro atoms. The topological polar surface area (TPSA) is 55.1 Å². The molecule has 3 aromatic rings. The second-order valence-corrected chi connectivity index (χ2v) is 8.51. The average Bonchev–Trinajstić information content (AvgIpc) is 3.28. The van der Waals surface area contributed by atoms with Crippen LogP contribution in [0.15, 0.2) is 47.2 Å². The zero-order valence-corrected chi connectivity index (χ0v) is 16.9. The molecule has 0 saturated carbocycles. The van der Waals surface area contributed by atoms with Gasteiger partial charge in [-0.15, -0.1) is 0 Å². The summed E-state index contributed by atoms with van der Waals surface area (Å²) < 4.78 is 5.80. The number of halogens is 2. The van der Waals surface area contributed by atoms with Crippen molar-refractivity contribution in [2.75, 3.05) is 7.05 Å². The minimum Gasteiger partial charge on any atom is -0.339 e. The van der Waals surface area contributed by atoms with E-state index in [1.54, 1.807) is 12.4 Å². The van der Waals surface area contributed by atoms with Gasteiger partial charge in [0, 0.05) is 30.0 Å². The van der Waals surface area contributed by atoms with Gasteiger partial charge >= 0.3 is 0 Å². The summed E-state index contributed by atoms with van der Waals surface area (Å²) in [6.07, 6.45) is 6.85. The molecule has 4 heterocycles. The summed E-state index contributed by atoms with van der Waals surface area (Å²) >= 11 is 12.5. The van der Waals surface area contributed by atoms with Crippen LogP contribution in [0, 0.1) is 0 Å². The maximum Gasteiger partial charge on any atom is 0.232 e. The Morgan fingerprint density at radius 1 is 1.07 bits per heavy atom. The molecule has 2 saturated heterocycles. The summed E-state index contributed by atoms with van der Waals surface area (Å²) in [6, 6.07) is 10.7. The first-order valence-electron chi connectivity index (χ1n) is 9.52. The molecule has 2 aliphatic heterocycles. The monoisotopic (exact) mass is 414 g/mol. The van der Waals surface area contributed by atoms with Gasteiger partial charge in [0.15, 0.2) is 0 Å². The SMILES string of the molecule is CN1[C@H]2CC[C@@H]1[C@H](c1nc(-c3ccncc3)no1)[C@@H](c1ccc(Cl)c(Cl)c1)C2. The number of aromatic nitrogens is 3. The van der Waals surface area contributed by atoms with Gasteiger partial charge in [-0.05, 0) is 62.1 Å². The fourth-order valence-corrected chi connectivity index (χ4v) is 5.18. The molecule has 0 aliphatic carbocycles. The van der Waals surface area contributed by atoms with Crippen LogP contribution >= 0.6 is 23.2 Å². The number of hydrogen-bond donors (Lipinski definition) is 0. The van der Waals surface area contributed by atoms with Crippen molar-refractivity contribution in [1.29, 1.82) is 0 Å². The van der Waals surface area contributed by atoms with E-state index in [-0.39, 0.29) is 11.8 Å². The van der Waals surface area contributed by atoms with E-state index in [2.05, 4.69) is 28.2 Å². The summed E-state index contributed by atoms with van der Waals surface area (Å²) in [6.45, 7) is 0. The molecule has 1 aromatic carbocycles. The van der Waals surface area contributed by atoms with Gasteiger partial charge < -0.3 is 4.52 Å². The molecule has 7 heteroatoms. The van der Waals surface area contributed by atoms with Crippen molar-refractivity contribution in [3.05, 3.63) is 64.2 Å². The lowest BCUT2D eigenvalue weighted by Gasteiger charge is -2.41. The van der Waals surface area contributed by atoms with Crippen LogP contribution in [0.1, 0.15) is 42.6 Å². The zero-order valence-electron chi connectivity index (χ0n) is 15.4. The standard InChI is InChI=1S/C21H20Cl2N4O/c1-27-14-3-5-18(27)19(15(11-14)13-2-4-16(22)17(23)10-13)21-25-20(26-28-21)12-6-8-24-9-7-12/h2,4,6-10,14-15,18-19H,3,5,11H2,1H3/t14-,15+,18+,19+/m0/s1. The van der Waals surface area contributed by atoms with Crippen LogP contribution in [0.5, 0.6) is 0 Å². The van der Waals surface area contributed by atoms with Crippen LogP contribution in [0.25, 0.3) is 11.4 Å². The summed E-state index contributed by atoms with van der Waals surface area (Å²) in [4.78, 5) is 11.3. The first kappa shape index (κ1) is 18.1. The molecule has 5 nitrogen and oxygen atoms in total. The Balaban J connectivity index is 1.55. The third-order valence-corrected chi connectivity index (χ3v) is 7.05. The van der Waals surface area contributed by atoms with Crippen molar-refractivity contribution < 1.29 is 4.52 Å². The molecule has 0 amide bonds. The molecule has 2 bridgehead atoms. The number of piperidine rings is 1. The van der Waals surface area contributed by atoms with E-state index in [9.17, 15) is 0 Å². The van der Waals surface area contributed by atoms with Gasteiger partial charge in [0.2, 0.25) is 11.7 Å². The smallest absolute Gasteiger partial charge is 0.232 e. The Bertz CT molecular complexity index is 993. The first-order valence-corrected chi connectivity index (χ1v) is 10.3. The van der Waals surface area contributed by atoms with Gasteiger partial charge in [0.1, 0.15) is 0 Å². The van der Waals surface area contributed by atoms with Crippen LogP contribution in [-0.4, -0.2) is 39.2 Å². The highest BCUT2D eigenvalue weighted by Crippen LogP contribution is 2.51. The average molecular weight is 415 g/mol. The van der Waals surface area contributed by atoms with E-state index < -0.39 is 0 Å². The molecule has 0 N–H and O–H groups in total. The summed E-state index contributed by atoms with van der Waals surface area (Å²) in [7, 11) is 2.21. The van der Waals surface area contributed by atoms with E-state index in [4.69, 9.17) is 32.7 Å². The number of rotatable bonds is 3. The number of fused-ring (bicyclic) bond motifs is 2. The van der Waals surface area contributed by atoms with Crippen molar-refractivity contribution in [2.45, 2.75) is 43.2 Å². The van der Waals surface area contributed by atoms with E-state index in [1.807, 2.05) is 24.3 Å². The highest BCUT2D eigenvalue weighted by atomic mass is 35.5. The van der Waals surface area contributed by atoms with Gasteiger partial charge in [-0.25, -0.2) is 0 Å². The molecule has 0 unspecified atom stereocenters. The predicted molar refractivity (Wildman–Crippen MR) is 109 cm³/mol. The molecule has 2 aromatic heterocycles. The summed E-state index contributed by atoms with van der Waals surface area (Å²) in [5, 5.41) is 5.42. The van der Waals surface area contributed by atoms with Gasteiger partial charge in [-0.2, -0.15) is 4.98 Å².